The number of urea groups is 1. The Bertz CT molecular complexity index is 823. The zero-order chi connectivity index (χ0) is 28.5. The Labute approximate surface area is 230 Å². The standard InChI is InChI=1S/C28H45F2N3O6/c1-2-3-4-5-6-7-8-9-10-11-12-13-14-15-16-17-20-38-27(37)32-23-18-19-33(26(36)31-23)25-28(29,30)24(35)22(21-34)39-25/h6-7,9-10,18-19,22-25,34-35H,2-5,8,11-17,20-21H2,1H3,(H,31,36)(H,32,37)/t22-,23?,24-,25-/m1/s1. The first-order valence-electron chi connectivity index (χ1n) is 14.1. The van der Waals surface area contributed by atoms with Crippen LogP contribution in [0.15, 0.2) is 36.6 Å². The summed E-state index contributed by atoms with van der Waals surface area (Å²) in [4.78, 5) is 24.9. The number of alkyl carbamates (subject to hydrolysis) is 1. The van der Waals surface area contributed by atoms with Crippen LogP contribution in [0.3, 0.4) is 0 Å². The predicted molar refractivity (Wildman–Crippen MR) is 144 cm³/mol. The van der Waals surface area contributed by atoms with Crippen molar-refractivity contribution in [2.75, 3.05) is 13.2 Å². The van der Waals surface area contributed by atoms with Crippen molar-refractivity contribution >= 4 is 12.1 Å². The highest BCUT2D eigenvalue weighted by Crippen LogP contribution is 2.38. The number of rotatable bonds is 18. The third-order valence-electron chi connectivity index (χ3n) is 6.62. The highest BCUT2D eigenvalue weighted by atomic mass is 19.3. The van der Waals surface area contributed by atoms with Gasteiger partial charge < -0.3 is 25.0 Å². The molecule has 1 fully saturated rings. The van der Waals surface area contributed by atoms with Gasteiger partial charge in [0.15, 0.2) is 6.10 Å². The number of hydrogen-bond acceptors (Lipinski definition) is 6. The summed E-state index contributed by atoms with van der Waals surface area (Å²) >= 11 is 0. The van der Waals surface area contributed by atoms with Crippen LogP contribution >= 0.6 is 0 Å². The molecule has 2 aliphatic rings. The maximum Gasteiger partial charge on any atom is 0.409 e. The summed E-state index contributed by atoms with van der Waals surface area (Å²) in [5, 5.41) is 23.5. The number of nitrogens with zero attached hydrogens (tertiary/aromatic N) is 1. The predicted octanol–water partition coefficient (Wildman–Crippen LogP) is 5.10. The van der Waals surface area contributed by atoms with Crippen LogP contribution in [-0.4, -0.2) is 71.0 Å². The van der Waals surface area contributed by atoms with Gasteiger partial charge in [0.1, 0.15) is 12.3 Å². The van der Waals surface area contributed by atoms with Crippen molar-refractivity contribution in [2.24, 2.45) is 0 Å². The molecule has 2 rings (SSSR count). The molecule has 39 heavy (non-hydrogen) atoms. The van der Waals surface area contributed by atoms with E-state index in [0.29, 0.717) is 4.90 Å². The molecule has 2 aliphatic heterocycles. The molecule has 0 aromatic carbocycles. The first kappa shape index (κ1) is 32.7. The summed E-state index contributed by atoms with van der Waals surface area (Å²) < 4.78 is 38.6. The lowest BCUT2D eigenvalue weighted by molar-refractivity contribution is -0.145. The van der Waals surface area contributed by atoms with Gasteiger partial charge in [0, 0.05) is 6.20 Å². The number of carbonyl (C=O) groups excluding carboxylic acids is 2. The van der Waals surface area contributed by atoms with E-state index in [9.17, 15) is 23.5 Å². The molecule has 4 N–H and O–H groups in total. The van der Waals surface area contributed by atoms with Gasteiger partial charge >= 0.3 is 18.0 Å². The minimum atomic E-state index is -3.78. The van der Waals surface area contributed by atoms with Gasteiger partial charge in [0.25, 0.3) is 0 Å². The van der Waals surface area contributed by atoms with Crippen LogP contribution in [-0.2, 0) is 9.47 Å². The third kappa shape index (κ3) is 11.3. The van der Waals surface area contributed by atoms with Gasteiger partial charge in [0.2, 0.25) is 6.23 Å². The van der Waals surface area contributed by atoms with Crippen LogP contribution in [0, 0.1) is 0 Å². The Morgan fingerprint density at radius 2 is 1.74 bits per heavy atom. The summed E-state index contributed by atoms with van der Waals surface area (Å²) in [5.41, 5.74) is 0. The number of hydrogen-bond donors (Lipinski definition) is 4. The highest BCUT2D eigenvalue weighted by molar-refractivity contribution is 5.78. The molecule has 0 spiro atoms. The van der Waals surface area contributed by atoms with Crippen molar-refractivity contribution in [1.29, 1.82) is 0 Å². The van der Waals surface area contributed by atoms with E-state index < -0.39 is 49.3 Å². The fraction of sp³-hybridized carbons (Fsp3) is 0.714. The van der Waals surface area contributed by atoms with Crippen molar-refractivity contribution < 1.29 is 38.1 Å². The van der Waals surface area contributed by atoms with Crippen LogP contribution in [0.5, 0.6) is 0 Å². The van der Waals surface area contributed by atoms with E-state index in [-0.39, 0.29) is 6.61 Å². The summed E-state index contributed by atoms with van der Waals surface area (Å²) in [6, 6.07) is -0.955. The maximum absolute atomic E-state index is 14.3. The van der Waals surface area contributed by atoms with E-state index in [0.717, 1.165) is 44.7 Å². The fourth-order valence-corrected chi connectivity index (χ4v) is 4.31. The van der Waals surface area contributed by atoms with Crippen molar-refractivity contribution in [1.82, 2.24) is 15.5 Å². The van der Waals surface area contributed by atoms with E-state index in [1.807, 2.05) is 0 Å². The lowest BCUT2D eigenvalue weighted by Gasteiger charge is -2.33. The second-order valence-electron chi connectivity index (χ2n) is 9.87. The molecule has 0 radical (unpaired) electrons. The first-order chi connectivity index (χ1) is 18.8. The molecule has 0 aromatic rings. The molecule has 0 bridgehead atoms. The fourth-order valence-electron chi connectivity index (χ4n) is 4.31. The molecule has 0 aliphatic carbocycles. The van der Waals surface area contributed by atoms with E-state index in [4.69, 9.17) is 14.6 Å². The smallest absolute Gasteiger partial charge is 0.409 e. The van der Waals surface area contributed by atoms with E-state index >= 15 is 0 Å². The molecule has 1 saturated heterocycles. The Balaban J connectivity index is 1.50. The zero-order valence-corrected chi connectivity index (χ0v) is 22.9. The number of aliphatic hydroxyl groups is 2. The molecule has 222 valence electrons. The van der Waals surface area contributed by atoms with Crippen LogP contribution in [0.25, 0.3) is 0 Å². The maximum atomic E-state index is 14.3. The molecular weight excluding hydrogens is 512 g/mol. The number of alkyl halides is 2. The van der Waals surface area contributed by atoms with Gasteiger partial charge in [-0.2, -0.15) is 8.78 Å². The molecule has 2 heterocycles. The monoisotopic (exact) mass is 557 g/mol. The van der Waals surface area contributed by atoms with Gasteiger partial charge in [-0.15, -0.1) is 0 Å². The molecule has 3 amide bonds. The average molecular weight is 558 g/mol. The number of amides is 3. The van der Waals surface area contributed by atoms with Gasteiger partial charge in [-0.1, -0.05) is 69.8 Å². The summed E-state index contributed by atoms with van der Waals surface area (Å²) in [7, 11) is 0. The highest BCUT2D eigenvalue weighted by Gasteiger charge is 2.61. The topological polar surface area (TPSA) is 120 Å². The zero-order valence-electron chi connectivity index (χ0n) is 22.9. The second kappa shape index (κ2) is 18.0. The number of ether oxygens (including phenoxy) is 2. The SMILES string of the molecule is CCCCCC=CCC=CCCCCCCCCOC(=O)NC1C=CN([C@@H]2O[C@H](CO)[C@@H](O)C2(F)F)C(=O)N1. The molecule has 11 heteroatoms. The lowest BCUT2D eigenvalue weighted by atomic mass is 10.1. The molecule has 1 unspecified atom stereocenters. The molecular formula is C28H45F2N3O6. The van der Waals surface area contributed by atoms with E-state index in [2.05, 4.69) is 41.9 Å². The van der Waals surface area contributed by atoms with Gasteiger partial charge in [-0.05, 0) is 44.6 Å². The van der Waals surface area contributed by atoms with Crippen LogP contribution in [0.1, 0.15) is 84.0 Å². The summed E-state index contributed by atoms with van der Waals surface area (Å²) in [5.74, 6) is -3.78. The van der Waals surface area contributed by atoms with Crippen LogP contribution in [0.2, 0.25) is 0 Å². The minimum Gasteiger partial charge on any atom is -0.450 e. The average Bonchev–Trinajstić information content (AvgIpc) is 3.14. The first-order valence-corrected chi connectivity index (χ1v) is 14.1. The number of carbonyl (C=O) groups is 2. The van der Waals surface area contributed by atoms with Gasteiger partial charge in [0.05, 0.1) is 13.2 Å². The van der Waals surface area contributed by atoms with Gasteiger partial charge in [-0.3, -0.25) is 10.2 Å². The number of allylic oxidation sites excluding steroid dienone is 4. The number of unbranched alkanes of at least 4 members (excludes halogenated alkanes) is 9. The van der Waals surface area contributed by atoms with E-state index in [1.54, 1.807) is 0 Å². The van der Waals surface area contributed by atoms with Crippen LogP contribution < -0.4 is 10.6 Å². The van der Waals surface area contributed by atoms with Crippen molar-refractivity contribution in [3.05, 3.63) is 36.6 Å². The molecule has 0 saturated carbocycles. The Hall–Kier alpha value is -2.50. The van der Waals surface area contributed by atoms with Gasteiger partial charge in [-0.25, -0.2) is 9.59 Å². The second-order valence-corrected chi connectivity index (χ2v) is 9.87. The summed E-state index contributed by atoms with van der Waals surface area (Å²) in [6.45, 7) is 1.63. The normalized spacial score (nSPS) is 24.5. The Morgan fingerprint density at radius 3 is 2.36 bits per heavy atom. The lowest BCUT2D eigenvalue weighted by Crippen LogP contribution is -2.58. The quantitative estimate of drug-likeness (QED) is 0.137. The van der Waals surface area contributed by atoms with E-state index in [1.165, 1.54) is 44.6 Å². The Morgan fingerprint density at radius 1 is 1.10 bits per heavy atom. The van der Waals surface area contributed by atoms with Crippen molar-refractivity contribution in [3.8, 4) is 0 Å². The number of nitrogens with one attached hydrogen (secondary N) is 2. The van der Waals surface area contributed by atoms with Crippen molar-refractivity contribution in [2.45, 2.75) is 114 Å². The Kier molecular flexibility index (Phi) is 15.1. The number of halogens is 2. The molecule has 4 atom stereocenters. The molecule has 9 nitrogen and oxygen atoms in total. The molecule has 0 aromatic heterocycles. The number of aliphatic hydroxyl groups excluding tert-OH is 2. The van der Waals surface area contributed by atoms with Crippen LogP contribution in [0.4, 0.5) is 18.4 Å². The summed E-state index contributed by atoms with van der Waals surface area (Å²) in [6.07, 6.45) is 17.1. The van der Waals surface area contributed by atoms with Crippen molar-refractivity contribution in [3.63, 3.8) is 0 Å². The minimum absolute atomic E-state index is 0.236. The third-order valence-corrected chi connectivity index (χ3v) is 6.62. The largest absolute Gasteiger partial charge is 0.450 e.